The maximum Gasteiger partial charge on any atom is 0.340 e. The van der Waals surface area contributed by atoms with E-state index in [2.05, 4.69) is 33.9 Å². The third kappa shape index (κ3) is 6.33. The summed E-state index contributed by atoms with van der Waals surface area (Å²) in [7, 11) is -2.01. The van der Waals surface area contributed by atoms with Crippen molar-refractivity contribution in [1.82, 2.24) is 4.90 Å². The van der Waals surface area contributed by atoms with Crippen molar-refractivity contribution in [2.75, 3.05) is 13.2 Å². The van der Waals surface area contributed by atoms with Gasteiger partial charge in [-0.2, -0.15) is 0 Å². The van der Waals surface area contributed by atoms with Gasteiger partial charge in [-0.25, -0.2) is 4.79 Å². The van der Waals surface area contributed by atoms with Gasteiger partial charge < -0.3 is 19.4 Å². The molecule has 3 aromatic rings. The first kappa shape index (κ1) is 33.6. The summed E-state index contributed by atoms with van der Waals surface area (Å²) >= 11 is 12.5. The summed E-state index contributed by atoms with van der Waals surface area (Å²) in [5.41, 5.74) is -1.29. The summed E-state index contributed by atoms with van der Waals surface area (Å²) in [6.45, 7) is 13.4. The number of aliphatic carboxylic acids is 1. The van der Waals surface area contributed by atoms with Gasteiger partial charge in [0.2, 0.25) is 0 Å². The molecule has 2 aliphatic rings. The first-order valence-corrected chi connectivity index (χ1v) is 18.8. The number of benzene rings is 3. The van der Waals surface area contributed by atoms with E-state index >= 15 is 0 Å². The smallest absolute Gasteiger partial charge is 0.340 e. The van der Waals surface area contributed by atoms with Gasteiger partial charge in [0.25, 0.3) is 5.91 Å². The Balaban J connectivity index is 1.62. The fourth-order valence-corrected chi connectivity index (χ4v) is 6.73. The molecule has 0 aromatic heterocycles. The number of amides is 1. The lowest BCUT2D eigenvalue weighted by molar-refractivity contribution is -0.157. The summed E-state index contributed by atoms with van der Waals surface area (Å²) in [6.07, 6.45) is 1.88. The Morgan fingerprint density at radius 3 is 2.04 bits per heavy atom. The molecular formula is C35H41Cl2NO6Si. The quantitative estimate of drug-likeness (QED) is 0.201. The van der Waals surface area contributed by atoms with Crippen molar-refractivity contribution < 1.29 is 29.0 Å². The predicted molar refractivity (Wildman–Crippen MR) is 178 cm³/mol. The van der Waals surface area contributed by atoms with Gasteiger partial charge in [0, 0.05) is 45.3 Å². The van der Waals surface area contributed by atoms with Crippen LogP contribution >= 0.6 is 23.2 Å². The first-order valence-electron chi connectivity index (χ1n) is 15.1. The molecule has 1 heterocycles. The highest BCUT2D eigenvalue weighted by Crippen LogP contribution is 2.53. The molecule has 3 aromatic carbocycles. The molecule has 1 saturated carbocycles. The van der Waals surface area contributed by atoms with Crippen LogP contribution in [0.5, 0.6) is 0 Å². The van der Waals surface area contributed by atoms with E-state index in [0.29, 0.717) is 34.4 Å². The minimum absolute atomic E-state index is 0.0650. The Bertz CT molecular complexity index is 1600. The number of nitrogens with zero attached hydrogens (tertiary/aromatic N) is 1. The van der Waals surface area contributed by atoms with E-state index in [1.807, 2.05) is 24.3 Å². The summed E-state index contributed by atoms with van der Waals surface area (Å²) < 4.78 is 13.7. The fourth-order valence-electron chi connectivity index (χ4n) is 5.37. The Labute approximate surface area is 276 Å². The molecule has 1 aliphatic carbocycles. The van der Waals surface area contributed by atoms with Crippen LogP contribution in [0.3, 0.4) is 0 Å². The van der Waals surface area contributed by atoms with Gasteiger partial charge in [-0.15, -0.1) is 0 Å². The lowest BCUT2D eigenvalue weighted by Gasteiger charge is -2.41. The van der Waals surface area contributed by atoms with Crippen molar-refractivity contribution in [1.29, 1.82) is 0 Å². The van der Waals surface area contributed by atoms with E-state index in [4.69, 9.17) is 32.4 Å². The number of hydrogen-bond acceptors (Lipinski definition) is 5. The summed E-state index contributed by atoms with van der Waals surface area (Å²) in [6, 6.07) is 19.2. The van der Waals surface area contributed by atoms with E-state index in [9.17, 15) is 19.8 Å². The van der Waals surface area contributed by atoms with Crippen LogP contribution < -0.4 is 0 Å². The summed E-state index contributed by atoms with van der Waals surface area (Å²) in [4.78, 5) is 28.0. The van der Waals surface area contributed by atoms with E-state index < -0.39 is 25.6 Å². The number of fused-ring (bicyclic) bond motifs is 1. The van der Waals surface area contributed by atoms with E-state index in [0.717, 1.165) is 18.4 Å². The molecule has 2 atom stereocenters. The van der Waals surface area contributed by atoms with Crippen LogP contribution in [0.4, 0.5) is 0 Å². The SMILES string of the molecule is CC(O)(C(=O)O)c1ccc2c(c1)C(=O)N(Cc1ccc(Cl)cc1)[C@@]2(OCC1(CO[Si](C)(C)C(C)(C)C)CC1)c1ccc(Cl)cc1. The van der Waals surface area contributed by atoms with Crippen LogP contribution in [0.15, 0.2) is 66.7 Å². The number of hydrogen-bond donors (Lipinski definition) is 2. The largest absolute Gasteiger partial charge is 0.479 e. The molecule has 7 nitrogen and oxygen atoms in total. The number of carbonyl (C=O) groups excluding carboxylic acids is 1. The number of carboxylic acid groups (broad SMARTS) is 1. The van der Waals surface area contributed by atoms with Crippen LogP contribution in [0, 0.1) is 5.41 Å². The molecule has 0 spiro atoms. The highest BCUT2D eigenvalue weighted by molar-refractivity contribution is 6.74. The second-order valence-corrected chi connectivity index (χ2v) is 19.8. The van der Waals surface area contributed by atoms with E-state index in [-0.39, 0.29) is 34.0 Å². The van der Waals surface area contributed by atoms with Crippen LogP contribution in [-0.2, 0) is 31.8 Å². The minimum Gasteiger partial charge on any atom is -0.479 e. The summed E-state index contributed by atoms with van der Waals surface area (Å²) in [5, 5.41) is 21.7. The number of ether oxygens (including phenoxy) is 1. The Kier molecular flexibility index (Phi) is 8.83. The van der Waals surface area contributed by atoms with Gasteiger partial charge in [0.15, 0.2) is 19.6 Å². The molecule has 10 heteroatoms. The number of rotatable bonds is 11. The highest BCUT2D eigenvalue weighted by Gasteiger charge is 2.56. The normalized spacial score (nSPS) is 20.6. The molecule has 1 fully saturated rings. The molecule has 1 unspecified atom stereocenters. The van der Waals surface area contributed by atoms with Gasteiger partial charge >= 0.3 is 5.97 Å². The monoisotopic (exact) mass is 669 g/mol. The first-order chi connectivity index (χ1) is 20.9. The number of halogens is 2. The average Bonchev–Trinajstić information content (AvgIpc) is 3.72. The molecular weight excluding hydrogens is 629 g/mol. The van der Waals surface area contributed by atoms with Crippen molar-refractivity contribution in [2.45, 2.75) is 76.5 Å². The molecule has 1 aliphatic heterocycles. The zero-order valence-electron chi connectivity index (χ0n) is 26.6. The lowest BCUT2D eigenvalue weighted by atomic mass is 9.88. The Hall–Kier alpha value is -2.72. The van der Waals surface area contributed by atoms with E-state index in [1.54, 1.807) is 41.3 Å². The summed E-state index contributed by atoms with van der Waals surface area (Å²) in [5.74, 6) is -1.76. The van der Waals surface area contributed by atoms with Gasteiger partial charge in [-0.3, -0.25) is 9.69 Å². The van der Waals surface area contributed by atoms with Crippen molar-refractivity contribution >= 4 is 43.4 Å². The molecule has 2 N–H and O–H groups in total. The molecule has 0 radical (unpaired) electrons. The second-order valence-electron chi connectivity index (χ2n) is 14.1. The topological polar surface area (TPSA) is 96.3 Å². The van der Waals surface area contributed by atoms with Crippen LogP contribution in [0.1, 0.15) is 73.1 Å². The standard InChI is InChI=1S/C35H41Cl2NO6Si/c1-32(2,3)45(5,6)44-22-34(17-18-34)21-43-35(24-9-14-27(37)15-10-24)29-16-11-25(33(4,42)31(40)41)19-28(29)30(39)38(35)20-23-7-12-26(36)13-8-23/h7-16,19,42H,17-18,20-22H2,1-6H3,(H,40,41)/t33?,35-/m1/s1. The van der Waals surface area contributed by atoms with Crippen molar-refractivity contribution in [3.8, 4) is 0 Å². The van der Waals surface area contributed by atoms with Crippen molar-refractivity contribution in [3.63, 3.8) is 0 Å². The second kappa shape index (κ2) is 11.8. The number of aliphatic hydroxyl groups is 1. The van der Waals surface area contributed by atoms with Crippen LogP contribution in [-0.4, -0.2) is 48.5 Å². The fraction of sp³-hybridized carbons (Fsp3) is 0.429. The molecule has 1 amide bonds. The van der Waals surface area contributed by atoms with Crippen LogP contribution in [0.2, 0.25) is 28.2 Å². The van der Waals surface area contributed by atoms with Crippen LogP contribution in [0.25, 0.3) is 0 Å². The van der Waals surface area contributed by atoms with Gasteiger partial charge in [0.05, 0.1) is 6.61 Å². The third-order valence-electron chi connectivity index (χ3n) is 9.80. The number of carboxylic acids is 1. The average molecular weight is 671 g/mol. The molecule has 0 bridgehead atoms. The van der Waals surface area contributed by atoms with Crippen molar-refractivity contribution in [2.24, 2.45) is 5.41 Å². The number of carbonyl (C=O) groups is 2. The van der Waals surface area contributed by atoms with Crippen molar-refractivity contribution in [3.05, 3.63) is 105 Å². The maximum absolute atomic E-state index is 14.4. The highest BCUT2D eigenvalue weighted by atomic mass is 35.5. The molecule has 0 saturated heterocycles. The lowest BCUT2D eigenvalue weighted by Crippen LogP contribution is -2.48. The van der Waals surface area contributed by atoms with Gasteiger partial charge in [-0.05, 0) is 79.4 Å². The third-order valence-corrected chi connectivity index (χ3v) is 14.8. The van der Waals surface area contributed by atoms with Gasteiger partial charge in [0.1, 0.15) is 0 Å². The zero-order chi connectivity index (χ0) is 33.0. The Morgan fingerprint density at radius 1 is 0.933 bits per heavy atom. The maximum atomic E-state index is 14.4. The molecule has 5 rings (SSSR count). The van der Waals surface area contributed by atoms with E-state index in [1.165, 1.54) is 13.0 Å². The minimum atomic E-state index is -2.19. The zero-order valence-corrected chi connectivity index (χ0v) is 29.1. The molecule has 240 valence electrons. The van der Waals surface area contributed by atoms with Gasteiger partial charge in [-0.1, -0.05) is 80.4 Å². The molecule has 45 heavy (non-hydrogen) atoms. The predicted octanol–water partition coefficient (Wildman–Crippen LogP) is 7.96. The Morgan fingerprint density at radius 2 is 1.51 bits per heavy atom.